The average molecular weight is 205 g/mol. The fourth-order valence-corrected chi connectivity index (χ4v) is 2.12. The third-order valence-electron chi connectivity index (χ3n) is 3.01. The molecule has 0 saturated heterocycles. The maximum atomic E-state index is 5.85. The Morgan fingerprint density at radius 3 is 2.67 bits per heavy atom. The summed E-state index contributed by atoms with van der Waals surface area (Å²) in [7, 11) is 0. The molecule has 1 aliphatic carbocycles. The van der Waals surface area contributed by atoms with Gasteiger partial charge in [0, 0.05) is 6.54 Å². The van der Waals surface area contributed by atoms with Crippen molar-refractivity contribution in [2.45, 2.75) is 44.9 Å². The van der Waals surface area contributed by atoms with Crippen molar-refractivity contribution in [1.82, 2.24) is 0 Å². The second kappa shape index (κ2) is 5.29. The van der Waals surface area contributed by atoms with Crippen LogP contribution < -0.4 is 5.73 Å². The van der Waals surface area contributed by atoms with Crippen LogP contribution in [-0.2, 0) is 17.9 Å². The molecule has 0 spiro atoms. The van der Waals surface area contributed by atoms with Gasteiger partial charge in [-0.1, -0.05) is 37.1 Å². The van der Waals surface area contributed by atoms with Gasteiger partial charge in [-0.05, 0) is 24.0 Å². The van der Waals surface area contributed by atoms with Crippen molar-refractivity contribution in [3.05, 3.63) is 35.4 Å². The van der Waals surface area contributed by atoms with Crippen LogP contribution in [0.3, 0.4) is 0 Å². The second-order valence-electron chi connectivity index (χ2n) is 4.24. The van der Waals surface area contributed by atoms with E-state index < -0.39 is 0 Å². The number of benzene rings is 1. The third kappa shape index (κ3) is 3.05. The van der Waals surface area contributed by atoms with Crippen LogP contribution in [0.1, 0.15) is 36.8 Å². The molecule has 2 heteroatoms. The van der Waals surface area contributed by atoms with Crippen molar-refractivity contribution in [1.29, 1.82) is 0 Å². The molecule has 82 valence electrons. The Bertz CT molecular complexity index is 305. The van der Waals surface area contributed by atoms with Crippen LogP contribution >= 0.6 is 0 Å². The quantitative estimate of drug-likeness (QED) is 0.820. The van der Waals surface area contributed by atoms with Crippen LogP contribution in [0.25, 0.3) is 0 Å². The van der Waals surface area contributed by atoms with E-state index in [1.54, 1.807) is 0 Å². The first-order chi connectivity index (χ1) is 7.38. The van der Waals surface area contributed by atoms with Crippen molar-refractivity contribution >= 4 is 0 Å². The van der Waals surface area contributed by atoms with E-state index in [1.165, 1.54) is 36.8 Å². The normalized spacial score (nSPS) is 17.1. The zero-order valence-corrected chi connectivity index (χ0v) is 9.11. The number of hydrogen-bond donors (Lipinski definition) is 1. The lowest BCUT2D eigenvalue weighted by Gasteiger charge is -2.11. The summed E-state index contributed by atoms with van der Waals surface area (Å²) in [5.41, 5.74) is 8.02. The summed E-state index contributed by atoms with van der Waals surface area (Å²) in [6, 6.07) is 8.34. The van der Waals surface area contributed by atoms with E-state index in [0.29, 0.717) is 12.6 Å². The summed E-state index contributed by atoms with van der Waals surface area (Å²) >= 11 is 0. The number of rotatable bonds is 4. The zero-order valence-electron chi connectivity index (χ0n) is 9.11. The highest BCUT2D eigenvalue weighted by Gasteiger charge is 2.14. The number of nitrogens with two attached hydrogens (primary N) is 1. The molecule has 1 aromatic carbocycles. The molecule has 0 atom stereocenters. The van der Waals surface area contributed by atoms with E-state index in [2.05, 4.69) is 24.3 Å². The van der Waals surface area contributed by atoms with E-state index in [-0.39, 0.29) is 0 Å². The summed E-state index contributed by atoms with van der Waals surface area (Å²) < 4.78 is 5.85. The van der Waals surface area contributed by atoms with E-state index in [0.717, 1.165) is 6.61 Å². The molecule has 0 amide bonds. The van der Waals surface area contributed by atoms with Gasteiger partial charge in [-0.25, -0.2) is 0 Å². The Kier molecular flexibility index (Phi) is 3.75. The first kappa shape index (κ1) is 10.7. The molecule has 15 heavy (non-hydrogen) atoms. The van der Waals surface area contributed by atoms with Gasteiger partial charge in [-0.3, -0.25) is 0 Å². The third-order valence-corrected chi connectivity index (χ3v) is 3.01. The lowest BCUT2D eigenvalue weighted by Crippen LogP contribution is -2.07. The Labute approximate surface area is 91.4 Å². The minimum Gasteiger partial charge on any atom is -0.374 e. The van der Waals surface area contributed by atoms with Gasteiger partial charge in [0.15, 0.2) is 0 Å². The Balaban J connectivity index is 1.86. The maximum Gasteiger partial charge on any atom is 0.0720 e. The van der Waals surface area contributed by atoms with Crippen molar-refractivity contribution in [3.63, 3.8) is 0 Å². The van der Waals surface area contributed by atoms with E-state index >= 15 is 0 Å². The van der Waals surface area contributed by atoms with E-state index in [4.69, 9.17) is 10.5 Å². The lowest BCUT2D eigenvalue weighted by atomic mass is 10.1. The minimum absolute atomic E-state index is 0.492. The van der Waals surface area contributed by atoms with E-state index in [1.807, 2.05) is 0 Å². The molecular formula is C13H19NO. The van der Waals surface area contributed by atoms with Gasteiger partial charge in [0.25, 0.3) is 0 Å². The van der Waals surface area contributed by atoms with Crippen LogP contribution in [0.4, 0.5) is 0 Å². The van der Waals surface area contributed by atoms with Gasteiger partial charge in [-0.2, -0.15) is 0 Å². The second-order valence-corrected chi connectivity index (χ2v) is 4.24. The largest absolute Gasteiger partial charge is 0.374 e. The Morgan fingerprint density at radius 1 is 1.20 bits per heavy atom. The molecule has 1 aliphatic rings. The molecule has 1 saturated carbocycles. The first-order valence-electron chi connectivity index (χ1n) is 5.78. The number of hydrogen-bond acceptors (Lipinski definition) is 2. The molecule has 0 unspecified atom stereocenters. The molecule has 0 aliphatic heterocycles. The molecule has 0 aromatic heterocycles. The molecule has 1 fully saturated rings. The van der Waals surface area contributed by atoms with Crippen molar-refractivity contribution in [2.75, 3.05) is 0 Å². The standard InChI is InChI=1S/C13H19NO/c14-9-11-4-3-5-12(8-11)10-15-13-6-1-2-7-13/h3-5,8,13H,1-2,6-7,9-10,14H2. The molecular weight excluding hydrogens is 186 g/mol. The van der Waals surface area contributed by atoms with Crippen molar-refractivity contribution in [2.24, 2.45) is 5.73 Å². The van der Waals surface area contributed by atoms with Gasteiger partial charge in [0.05, 0.1) is 12.7 Å². The topological polar surface area (TPSA) is 35.2 Å². The SMILES string of the molecule is NCc1cccc(COC2CCCC2)c1. The molecule has 2 rings (SSSR count). The predicted molar refractivity (Wildman–Crippen MR) is 61.4 cm³/mol. The Morgan fingerprint density at radius 2 is 1.93 bits per heavy atom. The van der Waals surface area contributed by atoms with E-state index in [9.17, 15) is 0 Å². The lowest BCUT2D eigenvalue weighted by molar-refractivity contribution is 0.0456. The summed E-state index contributed by atoms with van der Waals surface area (Å²) in [6.07, 6.45) is 5.61. The monoisotopic (exact) mass is 205 g/mol. The summed E-state index contributed by atoms with van der Waals surface area (Å²) in [6.45, 7) is 1.34. The van der Waals surface area contributed by atoms with Gasteiger partial charge in [-0.15, -0.1) is 0 Å². The van der Waals surface area contributed by atoms with Gasteiger partial charge >= 0.3 is 0 Å². The average Bonchev–Trinajstić information content (AvgIpc) is 2.79. The Hall–Kier alpha value is -0.860. The van der Waals surface area contributed by atoms with Crippen molar-refractivity contribution < 1.29 is 4.74 Å². The molecule has 2 nitrogen and oxygen atoms in total. The fraction of sp³-hybridized carbons (Fsp3) is 0.538. The summed E-state index contributed by atoms with van der Waals surface area (Å²) in [5, 5.41) is 0. The minimum atomic E-state index is 0.492. The molecule has 0 heterocycles. The van der Waals surface area contributed by atoms with Gasteiger partial charge in [0.2, 0.25) is 0 Å². The van der Waals surface area contributed by atoms with Crippen LogP contribution in [0.2, 0.25) is 0 Å². The van der Waals surface area contributed by atoms with Crippen LogP contribution in [0, 0.1) is 0 Å². The predicted octanol–water partition coefficient (Wildman–Crippen LogP) is 2.60. The molecule has 0 radical (unpaired) electrons. The maximum absolute atomic E-state index is 5.85. The summed E-state index contributed by atoms with van der Waals surface area (Å²) in [5.74, 6) is 0. The van der Waals surface area contributed by atoms with Crippen LogP contribution in [0.15, 0.2) is 24.3 Å². The molecule has 2 N–H and O–H groups in total. The highest BCUT2D eigenvalue weighted by atomic mass is 16.5. The molecule has 1 aromatic rings. The smallest absolute Gasteiger partial charge is 0.0720 e. The van der Waals surface area contributed by atoms with Gasteiger partial charge in [0.1, 0.15) is 0 Å². The summed E-state index contributed by atoms with van der Waals surface area (Å²) in [4.78, 5) is 0. The first-order valence-corrected chi connectivity index (χ1v) is 5.78. The van der Waals surface area contributed by atoms with Crippen LogP contribution in [-0.4, -0.2) is 6.10 Å². The van der Waals surface area contributed by atoms with Crippen molar-refractivity contribution in [3.8, 4) is 0 Å². The zero-order chi connectivity index (χ0) is 10.5. The fourth-order valence-electron chi connectivity index (χ4n) is 2.12. The molecule has 0 bridgehead atoms. The highest BCUT2D eigenvalue weighted by Crippen LogP contribution is 2.22. The highest BCUT2D eigenvalue weighted by molar-refractivity contribution is 5.22. The van der Waals surface area contributed by atoms with Crippen LogP contribution in [0.5, 0.6) is 0 Å². The number of ether oxygens (including phenoxy) is 1. The van der Waals surface area contributed by atoms with Gasteiger partial charge < -0.3 is 10.5 Å².